The Morgan fingerprint density at radius 3 is 1.72 bits per heavy atom. The van der Waals surface area contributed by atoms with E-state index in [0.717, 1.165) is 92.4 Å². The SMILES string of the molecule is CC(=O)Cc1ccc(-c2cc3cc(-c4nnc([C@@H]5CCCN5)o4)ccc3[nH]2)cc1.CC(=O)Cc1ccc(-c2cc3cc(-c4nnc([C@@H]5CCCN5C(=O)C(NC(=O)OC(C)C)c5ccccc5)o4)ccc3[nH]2)cc1. The average molecular weight is 992 g/mol. The first-order valence-corrected chi connectivity index (χ1v) is 25.1. The van der Waals surface area contributed by atoms with Gasteiger partial charge in [0.25, 0.3) is 5.91 Å². The Bertz CT molecular complexity index is 3440. The lowest BCUT2D eigenvalue weighted by molar-refractivity contribution is -0.135. The molecule has 16 nitrogen and oxygen atoms in total. The molecule has 2 saturated heterocycles. The second-order valence-electron chi connectivity index (χ2n) is 19.3. The number of alkyl carbamates (subject to hydrolysis) is 1. The van der Waals surface area contributed by atoms with Crippen molar-refractivity contribution < 1.29 is 32.7 Å². The summed E-state index contributed by atoms with van der Waals surface area (Å²) >= 11 is 0. The highest BCUT2D eigenvalue weighted by molar-refractivity contribution is 5.91. The molecule has 1 unspecified atom stereocenters. The average Bonchev–Trinajstić information content (AvgIpc) is 4.26. The number of carbonyl (C=O) groups excluding carboxylic acids is 4. The van der Waals surface area contributed by atoms with Gasteiger partial charge in [-0.2, -0.15) is 0 Å². The summed E-state index contributed by atoms with van der Waals surface area (Å²) in [5, 5.41) is 25.3. The maximum atomic E-state index is 13.9. The lowest BCUT2D eigenvalue weighted by Gasteiger charge is -2.28. The van der Waals surface area contributed by atoms with Crippen molar-refractivity contribution in [3.05, 3.63) is 156 Å². The number of fused-ring (bicyclic) bond motifs is 2. The van der Waals surface area contributed by atoms with Crippen molar-refractivity contribution in [3.8, 4) is 45.4 Å². The summed E-state index contributed by atoms with van der Waals surface area (Å²) in [5.41, 5.74) is 10.5. The summed E-state index contributed by atoms with van der Waals surface area (Å²) in [7, 11) is 0. The molecule has 2 fully saturated rings. The van der Waals surface area contributed by atoms with Gasteiger partial charge in [0.15, 0.2) is 0 Å². The van der Waals surface area contributed by atoms with Crippen LogP contribution < -0.4 is 10.6 Å². The monoisotopic (exact) mass is 991 g/mol. The van der Waals surface area contributed by atoms with E-state index in [9.17, 15) is 19.2 Å². The number of rotatable bonds is 14. The molecule has 6 heterocycles. The molecule has 11 rings (SSSR count). The molecular weight excluding hydrogens is 935 g/mol. The summed E-state index contributed by atoms with van der Waals surface area (Å²) in [6.07, 6.45) is 3.51. The second-order valence-corrected chi connectivity index (χ2v) is 19.3. The molecule has 0 aliphatic carbocycles. The fourth-order valence-corrected chi connectivity index (χ4v) is 9.65. The number of nitrogens with zero attached hydrogens (tertiary/aromatic N) is 5. The van der Waals surface area contributed by atoms with E-state index in [-0.39, 0.29) is 29.6 Å². The summed E-state index contributed by atoms with van der Waals surface area (Å²) in [5.74, 6) is 1.97. The predicted molar refractivity (Wildman–Crippen MR) is 280 cm³/mol. The number of ether oxygens (including phenoxy) is 1. The maximum absolute atomic E-state index is 13.9. The molecule has 2 aliphatic heterocycles. The van der Waals surface area contributed by atoms with Crippen LogP contribution in [0.1, 0.15) is 100.0 Å². The van der Waals surface area contributed by atoms with E-state index in [1.54, 1.807) is 44.7 Å². The van der Waals surface area contributed by atoms with Crippen LogP contribution in [-0.2, 0) is 32.0 Å². The Balaban J connectivity index is 0.000000185. The Hall–Kier alpha value is -8.50. The number of aromatic amines is 2. The van der Waals surface area contributed by atoms with Gasteiger partial charge in [0.2, 0.25) is 23.6 Å². The summed E-state index contributed by atoms with van der Waals surface area (Å²) in [4.78, 5) is 57.8. The van der Waals surface area contributed by atoms with Gasteiger partial charge in [0.1, 0.15) is 23.7 Å². The minimum Gasteiger partial charge on any atom is -0.447 e. The maximum Gasteiger partial charge on any atom is 0.408 e. The van der Waals surface area contributed by atoms with Gasteiger partial charge >= 0.3 is 6.09 Å². The summed E-state index contributed by atoms with van der Waals surface area (Å²) < 4.78 is 17.4. The molecule has 0 radical (unpaired) electrons. The first-order chi connectivity index (χ1) is 35.9. The van der Waals surface area contributed by atoms with Gasteiger partial charge in [0.05, 0.1) is 12.1 Å². The lowest BCUT2D eigenvalue weighted by Crippen LogP contribution is -2.43. The van der Waals surface area contributed by atoms with Gasteiger partial charge < -0.3 is 39.1 Å². The predicted octanol–water partition coefficient (Wildman–Crippen LogP) is 11.0. The van der Waals surface area contributed by atoms with Crippen molar-refractivity contribution in [2.75, 3.05) is 13.1 Å². The molecule has 0 saturated carbocycles. The zero-order valence-corrected chi connectivity index (χ0v) is 41.7. The number of carbonyl (C=O) groups is 4. The van der Waals surface area contributed by atoms with Crippen molar-refractivity contribution in [3.63, 3.8) is 0 Å². The minimum atomic E-state index is -0.920. The topological polar surface area (TPSA) is 214 Å². The van der Waals surface area contributed by atoms with Crippen LogP contribution in [0.3, 0.4) is 0 Å². The molecule has 2 amide bonds. The minimum absolute atomic E-state index is 0.134. The fraction of sp³-hybridized carbons (Fsp3) is 0.276. The molecule has 16 heteroatoms. The van der Waals surface area contributed by atoms with Crippen LogP contribution in [0.2, 0.25) is 0 Å². The van der Waals surface area contributed by atoms with Gasteiger partial charge in [-0.1, -0.05) is 78.9 Å². The third kappa shape index (κ3) is 11.2. The van der Waals surface area contributed by atoms with Crippen LogP contribution in [0.4, 0.5) is 4.79 Å². The molecule has 0 spiro atoms. The van der Waals surface area contributed by atoms with E-state index in [1.807, 2.05) is 97.1 Å². The quantitative estimate of drug-likeness (QED) is 0.0801. The van der Waals surface area contributed by atoms with E-state index in [4.69, 9.17) is 13.6 Å². The molecular formula is C58H57N9O7. The highest BCUT2D eigenvalue weighted by Gasteiger charge is 2.38. The largest absolute Gasteiger partial charge is 0.447 e. The number of ketones is 2. The third-order valence-electron chi connectivity index (χ3n) is 13.2. The number of Topliss-reactive ketones (excluding diaryl/α,β-unsaturated/α-hetero) is 2. The Labute approximate surface area is 427 Å². The zero-order chi connectivity index (χ0) is 51.3. The highest BCUT2D eigenvalue weighted by atomic mass is 16.6. The number of benzene rings is 5. The molecule has 3 atom stereocenters. The Morgan fingerprint density at radius 2 is 1.19 bits per heavy atom. The van der Waals surface area contributed by atoms with Crippen LogP contribution in [0.5, 0.6) is 0 Å². The fourth-order valence-electron chi connectivity index (χ4n) is 9.65. The number of H-pyrrole nitrogens is 2. The van der Waals surface area contributed by atoms with Gasteiger partial charge in [0, 0.05) is 63.7 Å². The summed E-state index contributed by atoms with van der Waals surface area (Å²) in [6.45, 7) is 8.21. The molecule has 5 aromatic carbocycles. The van der Waals surface area contributed by atoms with Crippen molar-refractivity contribution in [2.24, 2.45) is 0 Å². The van der Waals surface area contributed by atoms with Crippen molar-refractivity contribution in [2.45, 2.75) is 90.4 Å². The van der Waals surface area contributed by atoms with Gasteiger partial charge in [-0.25, -0.2) is 4.79 Å². The van der Waals surface area contributed by atoms with E-state index < -0.39 is 18.2 Å². The van der Waals surface area contributed by atoms with Gasteiger partial charge in [-0.05, 0) is 136 Å². The van der Waals surface area contributed by atoms with Crippen molar-refractivity contribution in [1.29, 1.82) is 0 Å². The van der Waals surface area contributed by atoms with Crippen molar-refractivity contribution in [1.82, 2.24) is 45.9 Å². The molecule has 2 aliphatic rings. The van der Waals surface area contributed by atoms with Crippen molar-refractivity contribution >= 4 is 45.4 Å². The number of amides is 2. The molecule has 4 N–H and O–H groups in total. The molecule has 4 aromatic heterocycles. The normalized spacial score (nSPS) is 15.8. The van der Waals surface area contributed by atoms with Crippen LogP contribution in [0.15, 0.2) is 136 Å². The Kier molecular flexibility index (Phi) is 14.4. The lowest BCUT2D eigenvalue weighted by atomic mass is 10.1. The standard InChI is InChI=1S/C35H35N5O5.C23H22N4O2/c1-21(2)44-35(43)37-31(25-8-5-4-6-9-25)34(42)40-17-7-10-30(40)33-39-38-32(45-33)26-15-16-28-27(19-26)20-29(36-28)24-13-11-23(12-14-24)18-22(3)41;1-14(28)11-15-4-6-16(7-5-15)21-13-18-12-17(8-9-19(18)25-21)22-26-27-23(29-22)20-3-2-10-24-20/h4-6,8-9,11-16,19-21,30-31,36H,7,10,17-18H2,1-3H3,(H,37,43);4-9,12-13,20,24-25H,2-3,10-11H2,1H3/t30-,31?;20-/m00/s1. The zero-order valence-electron chi connectivity index (χ0n) is 41.7. The third-order valence-corrected chi connectivity index (χ3v) is 13.2. The van der Waals surface area contributed by atoms with Crippen LogP contribution in [0, 0.1) is 0 Å². The first-order valence-electron chi connectivity index (χ1n) is 25.1. The number of hydrogen-bond donors (Lipinski definition) is 4. The molecule has 74 heavy (non-hydrogen) atoms. The molecule has 9 aromatic rings. The van der Waals surface area contributed by atoms with Gasteiger partial charge in [-0.15, -0.1) is 20.4 Å². The van der Waals surface area contributed by atoms with Crippen LogP contribution >= 0.6 is 0 Å². The van der Waals surface area contributed by atoms with E-state index in [0.29, 0.717) is 54.9 Å². The van der Waals surface area contributed by atoms with Gasteiger partial charge in [-0.3, -0.25) is 14.4 Å². The van der Waals surface area contributed by atoms with E-state index in [2.05, 4.69) is 59.2 Å². The number of aromatic nitrogens is 6. The number of hydrogen-bond acceptors (Lipinski definition) is 12. The van der Waals surface area contributed by atoms with Crippen LogP contribution in [-0.4, -0.2) is 78.0 Å². The number of likely N-dealkylation sites (tertiary alicyclic amines) is 1. The van der Waals surface area contributed by atoms with Crippen LogP contribution in [0.25, 0.3) is 67.2 Å². The molecule has 0 bridgehead atoms. The second kappa shape index (κ2) is 21.7. The smallest absolute Gasteiger partial charge is 0.408 e. The first kappa shape index (κ1) is 49.1. The van der Waals surface area contributed by atoms with E-state index in [1.165, 1.54) is 0 Å². The highest BCUT2D eigenvalue weighted by Crippen LogP contribution is 2.36. The van der Waals surface area contributed by atoms with E-state index >= 15 is 0 Å². The number of nitrogens with one attached hydrogen (secondary N) is 4. The molecule has 376 valence electrons. The Morgan fingerprint density at radius 1 is 0.649 bits per heavy atom. The summed E-state index contributed by atoms with van der Waals surface area (Å²) in [6, 6.07) is 40.2.